The normalized spacial score (nSPS) is 19.1. The summed E-state index contributed by atoms with van der Waals surface area (Å²) in [6.07, 6.45) is 2.59. The van der Waals surface area contributed by atoms with E-state index in [1.54, 1.807) is 6.92 Å². The van der Waals surface area contributed by atoms with Crippen LogP contribution in [0.1, 0.15) is 44.6 Å². The van der Waals surface area contributed by atoms with E-state index in [0.29, 0.717) is 18.4 Å². The molecule has 8 nitrogen and oxygen atoms in total. The molecule has 1 heterocycles. The van der Waals surface area contributed by atoms with Crippen LogP contribution in [0.25, 0.3) is 0 Å². The fourth-order valence-electron chi connectivity index (χ4n) is 3.65. The summed E-state index contributed by atoms with van der Waals surface area (Å²) in [5, 5.41) is 5.16. The Morgan fingerprint density at radius 1 is 1.28 bits per heavy atom. The number of carbonyl (C=O) groups is 4. The first-order valence-corrected chi connectivity index (χ1v) is 9.62. The van der Waals surface area contributed by atoms with E-state index >= 15 is 0 Å². The zero-order valence-electron chi connectivity index (χ0n) is 16.4. The maximum atomic E-state index is 13.6. The molecule has 1 aliphatic carbocycles. The van der Waals surface area contributed by atoms with Gasteiger partial charge < -0.3 is 15.4 Å². The lowest BCUT2D eigenvalue weighted by Gasteiger charge is -2.30. The smallest absolute Gasteiger partial charge is 0.327 e. The molecule has 2 aliphatic rings. The third-order valence-corrected chi connectivity index (χ3v) is 5.36. The molecule has 9 heteroatoms. The van der Waals surface area contributed by atoms with Gasteiger partial charge in [-0.05, 0) is 44.4 Å². The number of hydrogen-bond donors (Lipinski definition) is 2. The standard InChI is InChI=1S/C20H24FN3O5/c1-12-6-7-14(10-15(12)21)22-17(26)13(2)29-16(25)11-24-18(27)20(23-19(24)28)8-4-3-5-9-20/h6-7,10,13H,3-5,8-9,11H2,1-2H3,(H,22,26)(H,23,28)/t13-/m1/s1. The highest BCUT2D eigenvalue weighted by Gasteiger charge is 2.51. The van der Waals surface area contributed by atoms with Crippen molar-refractivity contribution in [1.29, 1.82) is 0 Å². The summed E-state index contributed by atoms with van der Waals surface area (Å²) in [5.41, 5.74) is -0.255. The van der Waals surface area contributed by atoms with E-state index in [1.807, 2.05) is 0 Å². The van der Waals surface area contributed by atoms with Gasteiger partial charge in [0.15, 0.2) is 6.10 Å². The first-order chi connectivity index (χ1) is 13.7. The lowest BCUT2D eigenvalue weighted by Crippen LogP contribution is -2.48. The van der Waals surface area contributed by atoms with Crippen molar-refractivity contribution < 1.29 is 28.3 Å². The number of aryl methyl sites for hydroxylation is 1. The monoisotopic (exact) mass is 405 g/mol. The van der Waals surface area contributed by atoms with E-state index in [4.69, 9.17) is 4.74 Å². The molecule has 1 atom stereocenters. The number of amides is 4. The van der Waals surface area contributed by atoms with Crippen molar-refractivity contribution in [2.24, 2.45) is 0 Å². The summed E-state index contributed by atoms with van der Waals surface area (Å²) in [4.78, 5) is 50.1. The number of anilines is 1. The first kappa shape index (κ1) is 20.8. The number of imide groups is 1. The Morgan fingerprint density at radius 3 is 2.62 bits per heavy atom. The fourth-order valence-corrected chi connectivity index (χ4v) is 3.65. The van der Waals surface area contributed by atoms with Gasteiger partial charge in [-0.25, -0.2) is 9.18 Å². The lowest BCUT2D eigenvalue weighted by atomic mass is 9.82. The van der Waals surface area contributed by atoms with Crippen molar-refractivity contribution in [2.45, 2.75) is 57.6 Å². The molecule has 156 valence electrons. The van der Waals surface area contributed by atoms with Gasteiger partial charge in [0.05, 0.1) is 0 Å². The topological polar surface area (TPSA) is 105 Å². The average molecular weight is 405 g/mol. The molecule has 1 aromatic rings. The van der Waals surface area contributed by atoms with Crippen LogP contribution in [0.4, 0.5) is 14.9 Å². The van der Waals surface area contributed by atoms with Crippen LogP contribution in [0.5, 0.6) is 0 Å². The molecule has 3 rings (SSSR count). The van der Waals surface area contributed by atoms with Gasteiger partial charge in [-0.3, -0.25) is 19.3 Å². The average Bonchev–Trinajstić information content (AvgIpc) is 2.89. The van der Waals surface area contributed by atoms with Crippen molar-refractivity contribution in [3.8, 4) is 0 Å². The number of rotatable bonds is 5. The fraction of sp³-hybridized carbons (Fsp3) is 0.500. The molecule has 2 fully saturated rings. The SMILES string of the molecule is Cc1ccc(NC(=O)[C@@H](C)OC(=O)CN2C(=O)NC3(CCCCC3)C2=O)cc1F. The molecular weight excluding hydrogens is 381 g/mol. The van der Waals surface area contributed by atoms with Crippen LogP contribution in [-0.2, 0) is 19.1 Å². The van der Waals surface area contributed by atoms with Crippen LogP contribution >= 0.6 is 0 Å². The summed E-state index contributed by atoms with van der Waals surface area (Å²) in [7, 11) is 0. The van der Waals surface area contributed by atoms with Crippen LogP contribution in [0.15, 0.2) is 18.2 Å². The van der Waals surface area contributed by atoms with Gasteiger partial charge in [0.25, 0.3) is 11.8 Å². The van der Waals surface area contributed by atoms with Crippen LogP contribution in [-0.4, -0.2) is 46.9 Å². The maximum Gasteiger partial charge on any atom is 0.327 e. The molecule has 0 radical (unpaired) electrons. The Morgan fingerprint density at radius 2 is 1.97 bits per heavy atom. The van der Waals surface area contributed by atoms with E-state index in [9.17, 15) is 23.6 Å². The summed E-state index contributed by atoms with van der Waals surface area (Å²) in [6, 6.07) is 3.58. The zero-order chi connectivity index (χ0) is 21.2. The second-order valence-electron chi connectivity index (χ2n) is 7.55. The second kappa shape index (κ2) is 8.18. The Hall–Kier alpha value is -2.97. The molecule has 1 aliphatic heterocycles. The zero-order valence-corrected chi connectivity index (χ0v) is 16.4. The van der Waals surface area contributed by atoms with E-state index in [2.05, 4.69) is 10.6 Å². The van der Waals surface area contributed by atoms with Crippen molar-refractivity contribution in [3.63, 3.8) is 0 Å². The van der Waals surface area contributed by atoms with Crippen LogP contribution in [0.3, 0.4) is 0 Å². The summed E-state index contributed by atoms with van der Waals surface area (Å²) in [5.74, 6) is -2.42. The number of benzene rings is 1. The maximum absolute atomic E-state index is 13.6. The third kappa shape index (κ3) is 4.38. The molecule has 1 aromatic carbocycles. The predicted molar refractivity (Wildman–Crippen MR) is 101 cm³/mol. The predicted octanol–water partition coefficient (Wildman–Crippen LogP) is 2.26. The number of hydrogen-bond acceptors (Lipinski definition) is 5. The number of nitrogens with one attached hydrogen (secondary N) is 2. The van der Waals surface area contributed by atoms with Gasteiger partial charge in [-0.15, -0.1) is 0 Å². The Balaban J connectivity index is 1.55. The van der Waals surface area contributed by atoms with Gasteiger partial charge in [-0.1, -0.05) is 25.3 Å². The Labute approximate surface area is 167 Å². The largest absolute Gasteiger partial charge is 0.451 e. The minimum absolute atomic E-state index is 0.231. The van der Waals surface area contributed by atoms with Crippen molar-refractivity contribution >= 4 is 29.5 Å². The van der Waals surface area contributed by atoms with Gasteiger partial charge >= 0.3 is 12.0 Å². The van der Waals surface area contributed by atoms with Crippen molar-refractivity contribution in [3.05, 3.63) is 29.6 Å². The number of esters is 1. The van der Waals surface area contributed by atoms with E-state index in [-0.39, 0.29) is 5.69 Å². The minimum atomic E-state index is -1.18. The van der Waals surface area contributed by atoms with E-state index < -0.39 is 47.8 Å². The highest BCUT2D eigenvalue weighted by molar-refractivity contribution is 6.08. The quantitative estimate of drug-likeness (QED) is 0.578. The van der Waals surface area contributed by atoms with Crippen molar-refractivity contribution in [1.82, 2.24) is 10.2 Å². The highest BCUT2D eigenvalue weighted by atomic mass is 19.1. The summed E-state index contributed by atoms with van der Waals surface area (Å²) in [6.45, 7) is 2.38. The number of carbonyl (C=O) groups excluding carboxylic acids is 4. The van der Waals surface area contributed by atoms with E-state index in [1.165, 1.54) is 25.1 Å². The highest BCUT2D eigenvalue weighted by Crippen LogP contribution is 2.33. The minimum Gasteiger partial charge on any atom is -0.451 e. The van der Waals surface area contributed by atoms with Crippen LogP contribution in [0, 0.1) is 12.7 Å². The lowest BCUT2D eigenvalue weighted by molar-refractivity contribution is -0.155. The molecule has 4 amide bonds. The summed E-state index contributed by atoms with van der Waals surface area (Å²) < 4.78 is 18.6. The summed E-state index contributed by atoms with van der Waals surface area (Å²) >= 11 is 0. The molecule has 2 N–H and O–H groups in total. The molecule has 1 spiro atoms. The van der Waals surface area contributed by atoms with Gasteiger partial charge in [0, 0.05) is 5.69 Å². The Kier molecular flexibility index (Phi) is 5.86. The van der Waals surface area contributed by atoms with Crippen molar-refractivity contribution in [2.75, 3.05) is 11.9 Å². The van der Waals surface area contributed by atoms with Gasteiger partial charge in [0.1, 0.15) is 17.9 Å². The third-order valence-electron chi connectivity index (χ3n) is 5.36. The molecular formula is C20H24FN3O5. The van der Waals surface area contributed by atoms with Gasteiger partial charge in [0.2, 0.25) is 0 Å². The molecule has 1 saturated heterocycles. The van der Waals surface area contributed by atoms with Gasteiger partial charge in [-0.2, -0.15) is 0 Å². The van der Waals surface area contributed by atoms with Crippen LogP contribution < -0.4 is 10.6 Å². The Bertz CT molecular complexity index is 851. The van der Waals surface area contributed by atoms with Crippen LogP contribution in [0.2, 0.25) is 0 Å². The molecule has 29 heavy (non-hydrogen) atoms. The number of ether oxygens (including phenoxy) is 1. The molecule has 0 aromatic heterocycles. The molecule has 0 unspecified atom stereocenters. The number of nitrogens with zero attached hydrogens (tertiary/aromatic N) is 1. The second-order valence-corrected chi connectivity index (χ2v) is 7.55. The van der Waals surface area contributed by atoms with E-state index in [0.717, 1.165) is 24.2 Å². The molecule has 1 saturated carbocycles. The number of halogens is 1. The number of urea groups is 1. The first-order valence-electron chi connectivity index (χ1n) is 9.62. The molecule has 0 bridgehead atoms.